The molecule has 7 heteroatoms. The minimum atomic E-state index is -4.19. The molecule has 0 aliphatic rings. The van der Waals surface area contributed by atoms with Crippen LogP contribution in [0.25, 0.3) is 34.0 Å². The monoisotopic (exact) mass is 378 g/mol. The van der Waals surface area contributed by atoms with Crippen LogP contribution in [0.1, 0.15) is 0 Å². The number of nitrogens with zero attached hydrogens (tertiary/aromatic N) is 2. The van der Waals surface area contributed by atoms with Gasteiger partial charge in [0.05, 0.1) is 4.90 Å². The van der Waals surface area contributed by atoms with E-state index in [9.17, 15) is 8.42 Å². The third-order valence-electron chi connectivity index (χ3n) is 4.06. The first kappa shape index (κ1) is 17.1. The predicted molar refractivity (Wildman–Crippen MR) is 100 cm³/mol. The Morgan fingerprint density at radius 1 is 0.630 bits per heavy atom. The van der Waals surface area contributed by atoms with Gasteiger partial charge >= 0.3 is 0 Å². The Hall–Kier alpha value is -3.29. The molecule has 0 saturated carbocycles. The second-order valence-electron chi connectivity index (χ2n) is 5.86. The molecule has 4 rings (SSSR count). The van der Waals surface area contributed by atoms with Crippen molar-refractivity contribution in [3.63, 3.8) is 0 Å². The van der Waals surface area contributed by atoms with Crippen molar-refractivity contribution in [3.8, 4) is 34.0 Å². The van der Waals surface area contributed by atoms with Crippen LogP contribution in [0.2, 0.25) is 0 Å². The quantitative estimate of drug-likeness (QED) is 0.532. The number of benzene rings is 3. The topological polar surface area (TPSA) is 93.3 Å². The van der Waals surface area contributed by atoms with E-state index in [4.69, 9.17) is 8.97 Å². The number of hydrogen-bond acceptors (Lipinski definition) is 5. The van der Waals surface area contributed by atoms with Crippen molar-refractivity contribution in [2.75, 3.05) is 0 Å². The van der Waals surface area contributed by atoms with Crippen LogP contribution in [0, 0.1) is 0 Å². The molecule has 1 N–H and O–H groups in total. The first-order valence-corrected chi connectivity index (χ1v) is 9.52. The van der Waals surface area contributed by atoms with Crippen molar-refractivity contribution in [2.45, 2.75) is 4.90 Å². The fourth-order valence-electron chi connectivity index (χ4n) is 2.66. The zero-order valence-corrected chi connectivity index (χ0v) is 14.8. The molecule has 0 radical (unpaired) electrons. The highest BCUT2D eigenvalue weighted by Gasteiger charge is 2.11. The molecule has 0 bridgehead atoms. The predicted octanol–water partition coefficient (Wildman–Crippen LogP) is 4.32. The van der Waals surface area contributed by atoms with E-state index in [1.165, 1.54) is 12.1 Å². The number of hydrogen-bond donors (Lipinski definition) is 1. The fourth-order valence-corrected chi connectivity index (χ4v) is 3.14. The minimum absolute atomic E-state index is 0.137. The summed E-state index contributed by atoms with van der Waals surface area (Å²) in [5.41, 5.74) is 3.35. The molecule has 0 atom stereocenters. The first-order chi connectivity index (χ1) is 13.0. The number of aromatic nitrogens is 2. The zero-order chi connectivity index (χ0) is 18.9. The highest BCUT2D eigenvalue weighted by Crippen LogP contribution is 2.27. The second kappa shape index (κ2) is 6.79. The molecule has 0 fully saturated rings. The Bertz CT molecular complexity index is 1170. The summed E-state index contributed by atoms with van der Waals surface area (Å²) in [5, 5.41) is 8.17. The maximum atomic E-state index is 11.1. The normalized spacial score (nSPS) is 11.4. The maximum Gasteiger partial charge on any atom is 0.294 e. The van der Waals surface area contributed by atoms with Crippen LogP contribution in [-0.2, 0) is 10.1 Å². The van der Waals surface area contributed by atoms with Crippen molar-refractivity contribution >= 4 is 10.1 Å². The molecular formula is C20H14N2O4S. The van der Waals surface area contributed by atoms with Gasteiger partial charge in [0.15, 0.2) is 0 Å². The molecule has 27 heavy (non-hydrogen) atoms. The van der Waals surface area contributed by atoms with Crippen molar-refractivity contribution in [2.24, 2.45) is 0 Å². The molecule has 0 amide bonds. The Morgan fingerprint density at radius 3 is 1.59 bits per heavy atom. The summed E-state index contributed by atoms with van der Waals surface area (Å²) in [5.74, 6) is 0.873. The van der Waals surface area contributed by atoms with Crippen LogP contribution < -0.4 is 0 Å². The summed E-state index contributed by atoms with van der Waals surface area (Å²) in [6.07, 6.45) is 0. The molecule has 3 aromatic carbocycles. The lowest BCUT2D eigenvalue weighted by Crippen LogP contribution is -1.97. The van der Waals surface area contributed by atoms with Gasteiger partial charge in [-0.05, 0) is 47.5 Å². The van der Waals surface area contributed by atoms with Crippen LogP contribution in [-0.4, -0.2) is 23.2 Å². The molecule has 0 aliphatic heterocycles. The molecular weight excluding hydrogens is 364 g/mol. The van der Waals surface area contributed by atoms with Gasteiger partial charge in [0, 0.05) is 11.1 Å². The summed E-state index contributed by atoms with van der Waals surface area (Å²) in [7, 11) is -4.19. The van der Waals surface area contributed by atoms with E-state index in [0.29, 0.717) is 11.8 Å². The van der Waals surface area contributed by atoms with E-state index in [0.717, 1.165) is 22.3 Å². The van der Waals surface area contributed by atoms with E-state index in [-0.39, 0.29) is 4.90 Å². The average molecular weight is 378 g/mol. The molecule has 0 unspecified atom stereocenters. The van der Waals surface area contributed by atoms with E-state index in [2.05, 4.69) is 10.2 Å². The SMILES string of the molecule is O=S(=O)(O)c1ccc(-c2ccc(-c3nnc(-c4ccccc4)o3)cc2)cc1. The van der Waals surface area contributed by atoms with Gasteiger partial charge < -0.3 is 4.42 Å². The third-order valence-corrected chi connectivity index (χ3v) is 4.93. The zero-order valence-electron chi connectivity index (χ0n) is 14.0. The van der Waals surface area contributed by atoms with Gasteiger partial charge in [-0.3, -0.25) is 4.55 Å². The second-order valence-corrected chi connectivity index (χ2v) is 7.28. The summed E-state index contributed by atoms with van der Waals surface area (Å²) in [6, 6.07) is 23.0. The Kier molecular flexibility index (Phi) is 4.31. The molecule has 0 spiro atoms. The highest BCUT2D eigenvalue weighted by atomic mass is 32.2. The average Bonchev–Trinajstić information content (AvgIpc) is 3.19. The van der Waals surface area contributed by atoms with Crippen LogP contribution in [0.3, 0.4) is 0 Å². The van der Waals surface area contributed by atoms with Gasteiger partial charge in [-0.2, -0.15) is 8.42 Å². The molecule has 4 aromatic rings. The van der Waals surface area contributed by atoms with E-state index in [1.54, 1.807) is 12.1 Å². The largest absolute Gasteiger partial charge is 0.416 e. The lowest BCUT2D eigenvalue weighted by atomic mass is 10.0. The van der Waals surface area contributed by atoms with Crippen LogP contribution >= 0.6 is 0 Å². The van der Waals surface area contributed by atoms with Crippen LogP contribution in [0.5, 0.6) is 0 Å². The fraction of sp³-hybridized carbons (Fsp3) is 0. The van der Waals surface area contributed by atoms with Crippen molar-refractivity contribution < 1.29 is 17.4 Å². The van der Waals surface area contributed by atoms with Crippen LogP contribution in [0.4, 0.5) is 0 Å². The smallest absolute Gasteiger partial charge is 0.294 e. The van der Waals surface area contributed by atoms with Gasteiger partial charge in [-0.1, -0.05) is 42.5 Å². The first-order valence-electron chi connectivity index (χ1n) is 8.08. The standard InChI is InChI=1S/C20H14N2O4S/c23-27(24,25)18-12-10-15(11-13-18)14-6-8-17(9-7-14)20-22-21-19(26-20)16-4-2-1-3-5-16/h1-13H,(H,23,24,25). The number of rotatable bonds is 4. The van der Waals surface area contributed by atoms with E-state index in [1.807, 2.05) is 54.6 Å². The summed E-state index contributed by atoms with van der Waals surface area (Å²) >= 11 is 0. The lowest BCUT2D eigenvalue weighted by molar-refractivity contribution is 0.483. The van der Waals surface area contributed by atoms with Gasteiger partial charge in [-0.15, -0.1) is 10.2 Å². The summed E-state index contributed by atoms with van der Waals surface area (Å²) in [6.45, 7) is 0. The molecule has 0 aliphatic carbocycles. The van der Waals surface area contributed by atoms with Gasteiger partial charge in [0.1, 0.15) is 0 Å². The summed E-state index contributed by atoms with van der Waals surface area (Å²) in [4.78, 5) is -0.137. The van der Waals surface area contributed by atoms with Crippen molar-refractivity contribution in [1.29, 1.82) is 0 Å². The molecule has 1 heterocycles. The Balaban J connectivity index is 1.59. The molecule has 6 nitrogen and oxygen atoms in total. The van der Waals surface area contributed by atoms with E-state index < -0.39 is 10.1 Å². The molecule has 134 valence electrons. The van der Waals surface area contributed by atoms with E-state index >= 15 is 0 Å². The Morgan fingerprint density at radius 2 is 1.07 bits per heavy atom. The lowest BCUT2D eigenvalue weighted by Gasteiger charge is -2.04. The maximum absolute atomic E-state index is 11.1. The molecule has 1 aromatic heterocycles. The Labute approximate surface area is 155 Å². The van der Waals surface area contributed by atoms with Crippen LogP contribution in [0.15, 0.2) is 88.2 Å². The van der Waals surface area contributed by atoms with Gasteiger partial charge in [-0.25, -0.2) is 0 Å². The molecule has 0 saturated heterocycles. The van der Waals surface area contributed by atoms with Crippen molar-refractivity contribution in [1.82, 2.24) is 10.2 Å². The van der Waals surface area contributed by atoms with Crippen molar-refractivity contribution in [3.05, 3.63) is 78.9 Å². The highest BCUT2D eigenvalue weighted by molar-refractivity contribution is 7.85. The van der Waals surface area contributed by atoms with Gasteiger partial charge in [0.2, 0.25) is 11.8 Å². The third kappa shape index (κ3) is 3.64. The summed E-state index contributed by atoms with van der Waals surface area (Å²) < 4.78 is 37.0. The minimum Gasteiger partial charge on any atom is -0.416 e. The van der Waals surface area contributed by atoms with Gasteiger partial charge in [0.25, 0.3) is 10.1 Å².